The number of amides is 1. The second-order valence-corrected chi connectivity index (χ2v) is 7.91. The van der Waals surface area contributed by atoms with Crippen LogP contribution >= 0.6 is 22.9 Å². The molecule has 8 heteroatoms. The van der Waals surface area contributed by atoms with Crippen LogP contribution in [-0.4, -0.2) is 36.8 Å². The van der Waals surface area contributed by atoms with Gasteiger partial charge in [0.25, 0.3) is 5.91 Å². The number of rotatable bonds is 6. The van der Waals surface area contributed by atoms with Crippen molar-refractivity contribution in [2.24, 2.45) is 0 Å². The second-order valence-electron chi connectivity index (χ2n) is 6.47. The summed E-state index contributed by atoms with van der Waals surface area (Å²) in [5, 5.41) is 1.16. The highest BCUT2D eigenvalue weighted by Gasteiger charge is 2.26. The molecule has 0 radical (unpaired) electrons. The maximum atomic E-state index is 13.8. The van der Waals surface area contributed by atoms with Crippen molar-refractivity contribution < 1.29 is 18.7 Å². The van der Waals surface area contributed by atoms with Gasteiger partial charge in [0.15, 0.2) is 23.3 Å². The third-order valence-electron chi connectivity index (χ3n) is 4.47. The predicted molar refractivity (Wildman–Crippen MR) is 108 cm³/mol. The fourth-order valence-electron chi connectivity index (χ4n) is 3.06. The average Bonchev–Trinajstić information content (AvgIpc) is 3.34. The standard InChI is InChI=1S/C20H18ClFN2O3S/c21-13-7-8-16-18(10-13)28-20(23-16)24(11-14-4-3-9-26-14)19(25)12-27-17-6-2-1-5-15(17)22/h1-2,5-8,10,14H,3-4,9,11-12H2. The fourth-order valence-corrected chi connectivity index (χ4v) is 4.33. The molecular formula is C20H18ClFN2O3S. The van der Waals surface area contributed by atoms with Gasteiger partial charge in [0.2, 0.25) is 0 Å². The normalized spacial score (nSPS) is 16.4. The zero-order valence-corrected chi connectivity index (χ0v) is 16.5. The van der Waals surface area contributed by atoms with Gasteiger partial charge in [-0.1, -0.05) is 35.1 Å². The summed E-state index contributed by atoms with van der Waals surface area (Å²) < 4.78 is 25.8. The molecule has 1 aromatic heterocycles. The Hall–Kier alpha value is -2.22. The van der Waals surface area contributed by atoms with Crippen molar-refractivity contribution in [1.82, 2.24) is 4.98 Å². The molecule has 1 saturated heterocycles. The van der Waals surface area contributed by atoms with Crippen molar-refractivity contribution in [3.8, 4) is 5.75 Å². The van der Waals surface area contributed by atoms with Crippen molar-refractivity contribution in [3.05, 3.63) is 53.3 Å². The maximum absolute atomic E-state index is 13.8. The Labute approximate surface area is 170 Å². The highest BCUT2D eigenvalue weighted by molar-refractivity contribution is 7.22. The van der Waals surface area contributed by atoms with E-state index in [0.29, 0.717) is 23.3 Å². The van der Waals surface area contributed by atoms with Gasteiger partial charge in [-0.25, -0.2) is 9.37 Å². The molecule has 0 N–H and O–H groups in total. The van der Waals surface area contributed by atoms with E-state index in [1.165, 1.54) is 23.5 Å². The molecule has 28 heavy (non-hydrogen) atoms. The first kappa shape index (κ1) is 19.1. The number of benzene rings is 2. The predicted octanol–water partition coefficient (Wildman–Crippen LogP) is 4.68. The quantitative estimate of drug-likeness (QED) is 0.581. The largest absolute Gasteiger partial charge is 0.481 e. The SMILES string of the molecule is O=C(COc1ccccc1F)N(CC1CCCO1)c1nc2ccc(Cl)cc2s1. The Balaban J connectivity index is 1.56. The highest BCUT2D eigenvalue weighted by Crippen LogP contribution is 2.32. The van der Waals surface area contributed by atoms with Crippen LogP contribution in [0.2, 0.25) is 5.02 Å². The molecule has 0 aliphatic carbocycles. The van der Waals surface area contributed by atoms with E-state index in [-0.39, 0.29) is 24.4 Å². The van der Waals surface area contributed by atoms with Gasteiger partial charge in [0.1, 0.15) is 0 Å². The van der Waals surface area contributed by atoms with Crippen LogP contribution in [0.25, 0.3) is 10.2 Å². The third kappa shape index (κ3) is 4.27. The van der Waals surface area contributed by atoms with Crippen LogP contribution in [0.3, 0.4) is 0 Å². The van der Waals surface area contributed by atoms with Crippen LogP contribution in [0.15, 0.2) is 42.5 Å². The minimum absolute atomic E-state index is 0.0454. The van der Waals surface area contributed by atoms with Crippen molar-refractivity contribution in [3.63, 3.8) is 0 Å². The van der Waals surface area contributed by atoms with E-state index in [4.69, 9.17) is 21.1 Å². The number of nitrogens with zero attached hydrogens (tertiary/aromatic N) is 2. The topological polar surface area (TPSA) is 51.7 Å². The van der Waals surface area contributed by atoms with E-state index in [9.17, 15) is 9.18 Å². The summed E-state index contributed by atoms with van der Waals surface area (Å²) >= 11 is 7.44. The van der Waals surface area contributed by atoms with Gasteiger partial charge in [0, 0.05) is 11.6 Å². The lowest BCUT2D eigenvalue weighted by Crippen LogP contribution is -2.40. The second kappa shape index (κ2) is 8.43. The molecule has 1 amide bonds. The van der Waals surface area contributed by atoms with Crippen LogP contribution in [0, 0.1) is 5.82 Å². The summed E-state index contributed by atoms with van der Waals surface area (Å²) in [6.07, 6.45) is 1.80. The summed E-state index contributed by atoms with van der Waals surface area (Å²) in [5.74, 6) is -0.761. The Bertz CT molecular complexity index is 990. The van der Waals surface area contributed by atoms with E-state index in [1.54, 1.807) is 23.1 Å². The number of fused-ring (bicyclic) bond motifs is 1. The molecule has 3 aromatic rings. The van der Waals surface area contributed by atoms with Gasteiger partial charge in [0.05, 0.1) is 22.9 Å². The minimum Gasteiger partial charge on any atom is -0.481 e. The van der Waals surface area contributed by atoms with Crippen LogP contribution in [0.4, 0.5) is 9.52 Å². The van der Waals surface area contributed by atoms with Crippen molar-refractivity contribution >= 4 is 44.2 Å². The van der Waals surface area contributed by atoms with Gasteiger partial charge in [-0.3, -0.25) is 9.69 Å². The number of para-hydroxylation sites is 1. The number of hydrogen-bond acceptors (Lipinski definition) is 5. The Morgan fingerprint density at radius 3 is 3.00 bits per heavy atom. The average molecular weight is 421 g/mol. The molecule has 146 valence electrons. The lowest BCUT2D eigenvalue weighted by Gasteiger charge is -2.23. The summed E-state index contributed by atoms with van der Waals surface area (Å²) in [4.78, 5) is 19.1. The molecule has 5 nitrogen and oxygen atoms in total. The van der Waals surface area contributed by atoms with E-state index < -0.39 is 5.82 Å². The first-order chi connectivity index (χ1) is 13.6. The molecule has 1 atom stereocenters. The highest BCUT2D eigenvalue weighted by atomic mass is 35.5. The van der Waals surface area contributed by atoms with E-state index in [2.05, 4.69) is 4.98 Å². The fraction of sp³-hybridized carbons (Fsp3) is 0.300. The number of carbonyl (C=O) groups is 1. The third-order valence-corrected chi connectivity index (χ3v) is 5.75. The minimum atomic E-state index is -0.504. The Kier molecular flexibility index (Phi) is 5.75. The first-order valence-electron chi connectivity index (χ1n) is 8.95. The van der Waals surface area contributed by atoms with Crippen molar-refractivity contribution in [2.45, 2.75) is 18.9 Å². The molecule has 4 rings (SSSR count). The van der Waals surface area contributed by atoms with Gasteiger partial charge in [-0.15, -0.1) is 0 Å². The van der Waals surface area contributed by atoms with Gasteiger partial charge >= 0.3 is 0 Å². The molecule has 0 bridgehead atoms. The molecular weight excluding hydrogens is 403 g/mol. The molecule has 2 aromatic carbocycles. The molecule has 0 saturated carbocycles. The van der Waals surface area contributed by atoms with Gasteiger partial charge in [-0.05, 0) is 43.2 Å². The first-order valence-corrected chi connectivity index (χ1v) is 10.1. The number of ether oxygens (including phenoxy) is 2. The number of hydrogen-bond donors (Lipinski definition) is 0. The monoisotopic (exact) mass is 420 g/mol. The number of halogens is 2. The number of anilines is 1. The summed E-state index contributed by atoms with van der Waals surface area (Å²) in [7, 11) is 0. The smallest absolute Gasteiger partial charge is 0.266 e. The number of thiazole rings is 1. The van der Waals surface area contributed by atoms with E-state index in [1.807, 2.05) is 12.1 Å². The molecule has 1 aliphatic heterocycles. The summed E-state index contributed by atoms with van der Waals surface area (Å²) in [6, 6.07) is 11.4. The lowest BCUT2D eigenvalue weighted by molar-refractivity contribution is -0.121. The summed E-state index contributed by atoms with van der Waals surface area (Å²) in [5.41, 5.74) is 0.768. The van der Waals surface area contributed by atoms with Gasteiger partial charge in [-0.2, -0.15) is 0 Å². The van der Waals surface area contributed by atoms with E-state index >= 15 is 0 Å². The lowest BCUT2D eigenvalue weighted by atomic mass is 10.2. The van der Waals surface area contributed by atoms with E-state index in [0.717, 1.165) is 23.1 Å². The van der Waals surface area contributed by atoms with Gasteiger partial charge < -0.3 is 9.47 Å². The molecule has 1 unspecified atom stereocenters. The zero-order valence-electron chi connectivity index (χ0n) is 14.9. The zero-order chi connectivity index (χ0) is 19.5. The Morgan fingerprint density at radius 2 is 2.21 bits per heavy atom. The van der Waals surface area contributed by atoms with Crippen LogP contribution < -0.4 is 9.64 Å². The molecule has 0 spiro atoms. The van der Waals surface area contributed by atoms with Crippen LogP contribution in [0.1, 0.15) is 12.8 Å². The summed E-state index contributed by atoms with van der Waals surface area (Å²) in [6.45, 7) is 0.783. The van der Waals surface area contributed by atoms with Crippen LogP contribution in [-0.2, 0) is 9.53 Å². The van der Waals surface area contributed by atoms with Crippen molar-refractivity contribution in [2.75, 3.05) is 24.7 Å². The number of carbonyl (C=O) groups excluding carboxylic acids is 1. The molecule has 1 fully saturated rings. The Morgan fingerprint density at radius 1 is 1.36 bits per heavy atom. The van der Waals surface area contributed by atoms with Crippen molar-refractivity contribution in [1.29, 1.82) is 0 Å². The van der Waals surface area contributed by atoms with Crippen LogP contribution in [0.5, 0.6) is 5.75 Å². The maximum Gasteiger partial charge on any atom is 0.266 e. The molecule has 2 heterocycles. The number of aromatic nitrogens is 1. The molecule has 1 aliphatic rings.